The molecule has 2 heteroatoms. The minimum absolute atomic E-state index is 0.335. The molecule has 214 valence electrons. The topological polar surface area (TPSA) is 29.3 Å². The summed E-state index contributed by atoms with van der Waals surface area (Å²) in [7, 11) is 0. The number of hydrogen-bond donors (Lipinski definition) is 1. The molecular formula is C42H36N2. The zero-order valence-corrected chi connectivity index (χ0v) is 25.0. The molecule has 2 unspecified atom stereocenters. The molecule has 0 saturated heterocycles. The highest BCUT2D eigenvalue weighted by atomic mass is 15.2. The maximum Gasteiger partial charge on any atom is 0.0719 e. The molecule has 44 heavy (non-hydrogen) atoms. The van der Waals surface area contributed by atoms with Crippen molar-refractivity contribution in [2.45, 2.75) is 50.1 Å². The molecule has 1 heterocycles. The molecule has 0 bridgehead atoms. The zero-order valence-electron chi connectivity index (χ0n) is 25.0. The van der Waals surface area contributed by atoms with Crippen molar-refractivity contribution in [1.29, 1.82) is 0 Å². The van der Waals surface area contributed by atoms with Gasteiger partial charge in [0.05, 0.1) is 11.5 Å². The van der Waals surface area contributed by atoms with Crippen LogP contribution in [-0.2, 0) is 12.0 Å². The number of hydrogen-bond acceptors (Lipinski definition) is 2. The summed E-state index contributed by atoms with van der Waals surface area (Å²) < 4.78 is 0. The molecular weight excluding hydrogens is 532 g/mol. The number of nitrogens with two attached hydrogens (primary N) is 1. The van der Waals surface area contributed by atoms with Crippen LogP contribution < -0.4 is 5.73 Å². The third-order valence-corrected chi connectivity index (χ3v) is 10.5. The second-order valence-corrected chi connectivity index (χ2v) is 12.7. The van der Waals surface area contributed by atoms with Gasteiger partial charge in [0.15, 0.2) is 0 Å². The molecule has 0 amide bonds. The van der Waals surface area contributed by atoms with Gasteiger partial charge in [0, 0.05) is 17.9 Å². The maximum absolute atomic E-state index is 5.96. The first-order valence-corrected chi connectivity index (χ1v) is 16.2. The van der Waals surface area contributed by atoms with Gasteiger partial charge in [-0.05, 0) is 105 Å². The lowest BCUT2D eigenvalue weighted by Gasteiger charge is -2.51. The summed E-state index contributed by atoms with van der Waals surface area (Å²) in [6.45, 7) is 0.562. The van der Waals surface area contributed by atoms with Crippen molar-refractivity contribution in [3.8, 4) is 22.3 Å². The average molecular weight is 569 g/mol. The van der Waals surface area contributed by atoms with Crippen LogP contribution in [0.15, 0.2) is 150 Å². The second kappa shape index (κ2) is 9.94. The average Bonchev–Trinajstić information content (AvgIpc) is 3.39. The zero-order chi connectivity index (χ0) is 29.3. The Bertz CT molecular complexity index is 2030. The minimum atomic E-state index is -0.337. The second-order valence-electron chi connectivity index (χ2n) is 12.7. The van der Waals surface area contributed by atoms with Crippen LogP contribution in [-0.4, -0.2) is 10.9 Å². The summed E-state index contributed by atoms with van der Waals surface area (Å²) in [6, 6.07) is 30.2. The highest BCUT2D eigenvalue weighted by molar-refractivity contribution is 6.01. The Morgan fingerprint density at radius 3 is 2.45 bits per heavy atom. The van der Waals surface area contributed by atoms with E-state index in [1.54, 1.807) is 5.57 Å². The maximum atomic E-state index is 5.96. The number of benzene rings is 4. The van der Waals surface area contributed by atoms with Gasteiger partial charge in [0.1, 0.15) is 0 Å². The van der Waals surface area contributed by atoms with Crippen molar-refractivity contribution in [3.05, 3.63) is 167 Å². The lowest BCUT2D eigenvalue weighted by molar-refractivity contribution is 0.327. The van der Waals surface area contributed by atoms with E-state index in [9.17, 15) is 0 Å². The van der Waals surface area contributed by atoms with E-state index in [4.69, 9.17) is 5.73 Å². The Morgan fingerprint density at radius 1 is 0.773 bits per heavy atom. The Balaban J connectivity index is 1.40. The van der Waals surface area contributed by atoms with Crippen molar-refractivity contribution < 1.29 is 0 Å². The molecule has 0 aromatic heterocycles. The Hall–Kier alpha value is -4.66. The predicted octanol–water partition coefficient (Wildman–Crippen LogP) is 9.64. The highest BCUT2D eigenvalue weighted by Crippen LogP contribution is 2.64. The standard InChI is InChI=1S/C42H36N2/c43-27-28-18-20-29(21-19-28)31-23-24-34-35-25-22-30-10-4-5-13-33(30)41(35)42(38(34)26-31)36-14-6-8-16-39(36)44(32-11-2-1-3-12-32)40-17-9-7-15-37(40)42/h1-6,9-11,13-14,17-26,32H,7-8,12,15-16,27,43H2. The lowest BCUT2D eigenvalue weighted by atomic mass is 9.60. The van der Waals surface area contributed by atoms with E-state index < -0.39 is 0 Å². The van der Waals surface area contributed by atoms with E-state index in [2.05, 4.69) is 132 Å². The van der Waals surface area contributed by atoms with Gasteiger partial charge in [-0.1, -0.05) is 115 Å². The molecule has 2 N–H and O–H groups in total. The van der Waals surface area contributed by atoms with E-state index >= 15 is 0 Å². The van der Waals surface area contributed by atoms with Crippen LogP contribution in [0.4, 0.5) is 0 Å². The van der Waals surface area contributed by atoms with Crippen LogP contribution in [0.25, 0.3) is 33.0 Å². The van der Waals surface area contributed by atoms with Gasteiger partial charge < -0.3 is 10.6 Å². The van der Waals surface area contributed by atoms with Gasteiger partial charge in [-0.2, -0.15) is 0 Å². The summed E-state index contributed by atoms with van der Waals surface area (Å²) in [4.78, 5) is 2.72. The molecule has 0 fully saturated rings. The number of fused-ring (bicyclic) bond motifs is 9. The van der Waals surface area contributed by atoms with Crippen LogP contribution >= 0.6 is 0 Å². The third kappa shape index (κ3) is 3.52. The van der Waals surface area contributed by atoms with E-state index in [-0.39, 0.29) is 5.41 Å². The highest BCUT2D eigenvalue weighted by Gasteiger charge is 2.54. The van der Waals surface area contributed by atoms with E-state index in [0.29, 0.717) is 12.6 Å². The van der Waals surface area contributed by atoms with Gasteiger partial charge >= 0.3 is 0 Å². The van der Waals surface area contributed by atoms with E-state index in [1.165, 1.54) is 61.1 Å². The van der Waals surface area contributed by atoms with Crippen LogP contribution in [0.5, 0.6) is 0 Å². The fourth-order valence-corrected chi connectivity index (χ4v) is 8.68. The Kier molecular flexibility index (Phi) is 5.83. The summed E-state index contributed by atoms with van der Waals surface area (Å²) in [5, 5.41) is 2.69. The Morgan fingerprint density at radius 2 is 1.59 bits per heavy atom. The quantitative estimate of drug-likeness (QED) is 0.267. The van der Waals surface area contributed by atoms with Crippen LogP contribution in [0.3, 0.4) is 0 Å². The van der Waals surface area contributed by atoms with Gasteiger partial charge in [0.25, 0.3) is 0 Å². The predicted molar refractivity (Wildman–Crippen MR) is 183 cm³/mol. The normalized spacial score (nSPS) is 22.9. The van der Waals surface area contributed by atoms with Crippen molar-refractivity contribution in [3.63, 3.8) is 0 Å². The number of allylic oxidation sites excluding steroid dienone is 9. The largest absolute Gasteiger partial charge is 0.338 e. The molecule has 2 nitrogen and oxygen atoms in total. The molecule has 0 saturated carbocycles. The summed E-state index contributed by atoms with van der Waals surface area (Å²) >= 11 is 0. The van der Waals surface area contributed by atoms with Gasteiger partial charge in [-0.25, -0.2) is 0 Å². The van der Waals surface area contributed by atoms with Crippen molar-refractivity contribution in [2.24, 2.45) is 5.73 Å². The molecule has 1 aliphatic heterocycles. The first-order valence-electron chi connectivity index (χ1n) is 16.2. The minimum Gasteiger partial charge on any atom is -0.338 e. The first-order chi connectivity index (χ1) is 21.8. The molecule has 9 rings (SSSR count). The van der Waals surface area contributed by atoms with Crippen molar-refractivity contribution in [1.82, 2.24) is 4.90 Å². The third-order valence-electron chi connectivity index (χ3n) is 10.5. The Labute approximate surface area is 259 Å². The van der Waals surface area contributed by atoms with E-state index in [1.807, 2.05) is 0 Å². The van der Waals surface area contributed by atoms with Gasteiger partial charge in [0.2, 0.25) is 0 Å². The fourth-order valence-electron chi connectivity index (χ4n) is 8.68. The summed E-state index contributed by atoms with van der Waals surface area (Å²) in [5.74, 6) is 0. The van der Waals surface area contributed by atoms with Gasteiger partial charge in [-0.3, -0.25) is 0 Å². The fraction of sp³-hybridized carbons (Fsp3) is 0.190. The molecule has 2 atom stereocenters. The summed E-state index contributed by atoms with van der Waals surface area (Å²) in [5.41, 5.74) is 20.9. The molecule has 4 aliphatic carbocycles. The molecule has 0 radical (unpaired) electrons. The monoisotopic (exact) mass is 568 g/mol. The van der Waals surface area contributed by atoms with Gasteiger partial charge in [-0.15, -0.1) is 0 Å². The number of nitrogens with zero attached hydrogens (tertiary/aromatic N) is 1. The SMILES string of the molecule is NCc1ccc(-c2ccc3c(c2)C2(C4=C(CCC=C4)N(C4C=CC=CC4)C4=C2CCC=C4)c2c-3ccc3ccccc23)cc1. The molecule has 5 aliphatic rings. The van der Waals surface area contributed by atoms with E-state index in [0.717, 1.165) is 37.7 Å². The molecule has 1 spiro atoms. The van der Waals surface area contributed by atoms with Crippen molar-refractivity contribution in [2.75, 3.05) is 0 Å². The number of rotatable bonds is 3. The first kappa shape index (κ1) is 25.8. The molecule has 4 aromatic rings. The molecule has 4 aromatic carbocycles. The van der Waals surface area contributed by atoms with Crippen LogP contribution in [0.1, 0.15) is 48.8 Å². The van der Waals surface area contributed by atoms with Crippen LogP contribution in [0, 0.1) is 0 Å². The lowest BCUT2D eigenvalue weighted by Crippen LogP contribution is -2.45. The smallest absolute Gasteiger partial charge is 0.0719 e. The van der Waals surface area contributed by atoms with Crippen molar-refractivity contribution >= 4 is 10.8 Å². The van der Waals surface area contributed by atoms with Crippen LogP contribution in [0.2, 0.25) is 0 Å². The summed E-state index contributed by atoms with van der Waals surface area (Å²) in [6.07, 6.45) is 24.2.